The number of amides is 1. The van der Waals surface area contributed by atoms with Crippen molar-refractivity contribution >= 4 is 29.3 Å². The van der Waals surface area contributed by atoms with Crippen LogP contribution in [0.25, 0.3) is 6.08 Å². The van der Waals surface area contributed by atoms with Crippen LogP contribution in [0.2, 0.25) is 0 Å². The number of ether oxygens (including phenoxy) is 1. The van der Waals surface area contributed by atoms with Crippen LogP contribution in [0.5, 0.6) is 0 Å². The van der Waals surface area contributed by atoms with Gasteiger partial charge in [-0.05, 0) is 31.2 Å². The maximum Gasteiger partial charge on any atom is 0.331 e. The molecule has 7 nitrogen and oxygen atoms in total. The van der Waals surface area contributed by atoms with Gasteiger partial charge in [0.05, 0.1) is 16.2 Å². The molecule has 10 heteroatoms. The molecule has 0 unspecified atom stereocenters. The zero-order chi connectivity index (χ0) is 20.8. The highest BCUT2D eigenvalue weighted by Crippen LogP contribution is 2.20. The topological polar surface area (TPSA) is 98.5 Å². The molecule has 0 aliphatic heterocycles. The lowest BCUT2D eigenvalue weighted by Crippen LogP contribution is -2.29. The zero-order valence-corrected chi connectivity index (χ0v) is 14.3. The van der Waals surface area contributed by atoms with Crippen LogP contribution in [0.3, 0.4) is 0 Å². The summed E-state index contributed by atoms with van der Waals surface area (Å²) in [7, 11) is 0. The Morgan fingerprint density at radius 1 is 1.14 bits per heavy atom. The molecule has 2 aromatic carbocycles. The highest BCUT2D eigenvalue weighted by atomic mass is 19.2. The number of carbonyl (C=O) groups excluding carboxylic acids is 2. The van der Waals surface area contributed by atoms with Gasteiger partial charge in [-0.3, -0.25) is 14.9 Å². The summed E-state index contributed by atoms with van der Waals surface area (Å²) in [5.41, 5.74) is -0.709. The van der Waals surface area contributed by atoms with Gasteiger partial charge in [0.15, 0.2) is 23.6 Å². The number of esters is 1. The Labute approximate surface area is 156 Å². The average Bonchev–Trinajstić information content (AvgIpc) is 2.66. The molecule has 0 spiro atoms. The molecule has 28 heavy (non-hydrogen) atoms. The fourth-order valence-electron chi connectivity index (χ4n) is 2.08. The van der Waals surface area contributed by atoms with Crippen molar-refractivity contribution in [3.63, 3.8) is 0 Å². The number of rotatable bonds is 6. The quantitative estimate of drug-likeness (QED) is 0.265. The van der Waals surface area contributed by atoms with E-state index in [-0.39, 0.29) is 11.3 Å². The van der Waals surface area contributed by atoms with Crippen LogP contribution in [0.1, 0.15) is 12.5 Å². The SMILES string of the molecule is C[C@H](OC(=O)/C=C/c1ccccc1[N+](=O)[O-])C(=O)Nc1ccc(F)c(F)c1F. The Balaban J connectivity index is 2.01. The molecule has 0 bridgehead atoms. The molecular weight excluding hydrogens is 381 g/mol. The smallest absolute Gasteiger partial charge is 0.331 e. The van der Waals surface area contributed by atoms with Gasteiger partial charge in [-0.15, -0.1) is 0 Å². The van der Waals surface area contributed by atoms with Crippen LogP contribution < -0.4 is 5.32 Å². The largest absolute Gasteiger partial charge is 0.449 e. The standard InChI is InChI=1S/C18H13F3N2O5/c1-10(18(25)22-13-8-7-12(19)16(20)17(13)21)28-15(24)9-6-11-4-2-3-5-14(11)23(26)27/h2-10H,1H3,(H,22,25)/b9-6+/t10-/m0/s1. The van der Waals surface area contributed by atoms with Crippen molar-refractivity contribution in [2.45, 2.75) is 13.0 Å². The maximum absolute atomic E-state index is 13.6. The lowest BCUT2D eigenvalue weighted by Gasteiger charge is -2.13. The van der Waals surface area contributed by atoms with Crippen molar-refractivity contribution in [2.24, 2.45) is 0 Å². The van der Waals surface area contributed by atoms with Gasteiger partial charge in [0, 0.05) is 12.1 Å². The van der Waals surface area contributed by atoms with Crippen molar-refractivity contribution < 1.29 is 32.4 Å². The minimum Gasteiger partial charge on any atom is -0.449 e. The number of hydrogen-bond acceptors (Lipinski definition) is 5. The molecule has 0 radical (unpaired) electrons. The van der Waals surface area contributed by atoms with Crippen LogP contribution >= 0.6 is 0 Å². The first-order chi connectivity index (χ1) is 13.2. The van der Waals surface area contributed by atoms with E-state index in [0.717, 1.165) is 18.2 Å². The summed E-state index contributed by atoms with van der Waals surface area (Å²) < 4.78 is 44.4. The summed E-state index contributed by atoms with van der Waals surface area (Å²) in [6.45, 7) is 1.17. The predicted molar refractivity (Wildman–Crippen MR) is 92.6 cm³/mol. The normalized spacial score (nSPS) is 11.9. The first kappa shape index (κ1) is 20.6. The molecule has 0 aliphatic carbocycles. The highest BCUT2D eigenvalue weighted by Gasteiger charge is 2.20. The number of anilines is 1. The van der Waals surface area contributed by atoms with Crippen molar-refractivity contribution in [3.05, 3.63) is 75.6 Å². The number of para-hydroxylation sites is 1. The van der Waals surface area contributed by atoms with E-state index < -0.39 is 46.0 Å². The number of nitrogens with zero attached hydrogens (tertiary/aromatic N) is 1. The number of halogens is 3. The lowest BCUT2D eigenvalue weighted by molar-refractivity contribution is -0.385. The lowest BCUT2D eigenvalue weighted by atomic mass is 10.1. The maximum atomic E-state index is 13.6. The molecule has 2 rings (SSSR count). The van der Waals surface area contributed by atoms with Gasteiger partial charge in [-0.2, -0.15) is 0 Å². The molecule has 0 saturated heterocycles. The van der Waals surface area contributed by atoms with Gasteiger partial charge in [0.25, 0.3) is 11.6 Å². The number of nitro benzene ring substituents is 1. The van der Waals surface area contributed by atoms with Crippen LogP contribution in [0.4, 0.5) is 24.5 Å². The fourth-order valence-corrected chi connectivity index (χ4v) is 2.08. The van der Waals surface area contributed by atoms with Crippen LogP contribution in [0.15, 0.2) is 42.5 Å². The molecule has 1 amide bonds. The van der Waals surface area contributed by atoms with Crippen molar-refractivity contribution in [1.29, 1.82) is 0 Å². The van der Waals surface area contributed by atoms with Crippen molar-refractivity contribution in [3.8, 4) is 0 Å². The highest BCUT2D eigenvalue weighted by molar-refractivity contribution is 5.96. The Bertz CT molecular complexity index is 962. The molecule has 1 N–H and O–H groups in total. The van der Waals surface area contributed by atoms with E-state index in [2.05, 4.69) is 0 Å². The summed E-state index contributed by atoms with van der Waals surface area (Å²) >= 11 is 0. The van der Waals surface area contributed by atoms with E-state index in [1.807, 2.05) is 5.32 Å². The first-order valence-corrected chi connectivity index (χ1v) is 7.77. The minimum absolute atomic E-state index is 0.144. The molecule has 0 heterocycles. The zero-order valence-electron chi connectivity index (χ0n) is 14.3. The average molecular weight is 394 g/mol. The molecular formula is C18H13F3N2O5. The van der Waals surface area contributed by atoms with Crippen LogP contribution in [-0.2, 0) is 14.3 Å². The Hall–Kier alpha value is -3.69. The van der Waals surface area contributed by atoms with Crippen LogP contribution in [-0.4, -0.2) is 22.9 Å². The van der Waals surface area contributed by atoms with E-state index in [9.17, 15) is 32.9 Å². The van der Waals surface area contributed by atoms with Gasteiger partial charge in [-0.1, -0.05) is 12.1 Å². The monoisotopic (exact) mass is 394 g/mol. The summed E-state index contributed by atoms with van der Waals surface area (Å²) in [6.07, 6.45) is 0.611. The number of hydrogen-bond donors (Lipinski definition) is 1. The van der Waals surface area contributed by atoms with E-state index in [4.69, 9.17) is 4.74 Å². The summed E-state index contributed by atoms with van der Waals surface area (Å²) in [5.74, 6) is -6.75. The molecule has 0 fully saturated rings. The number of benzene rings is 2. The van der Waals surface area contributed by atoms with Crippen LogP contribution in [0, 0.1) is 27.6 Å². The fraction of sp³-hybridized carbons (Fsp3) is 0.111. The first-order valence-electron chi connectivity index (χ1n) is 7.77. The molecule has 146 valence electrons. The predicted octanol–water partition coefficient (Wildman–Crippen LogP) is 3.60. The van der Waals surface area contributed by atoms with E-state index >= 15 is 0 Å². The molecule has 0 aromatic heterocycles. The Morgan fingerprint density at radius 3 is 2.50 bits per heavy atom. The number of nitrogens with one attached hydrogen (secondary N) is 1. The third kappa shape index (κ3) is 4.93. The molecule has 0 aliphatic rings. The third-order valence-corrected chi connectivity index (χ3v) is 3.49. The van der Waals surface area contributed by atoms with Gasteiger partial charge in [0.2, 0.25) is 0 Å². The second kappa shape index (κ2) is 8.80. The Morgan fingerprint density at radius 2 is 1.82 bits per heavy atom. The second-order valence-electron chi connectivity index (χ2n) is 5.44. The van der Waals surface area contributed by atoms with Crippen molar-refractivity contribution in [1.82, 2.24) is 0 Å². The summed E-state index contributed by atoms with van der Waals surface area (Å²) in [6, 6.07) is 7.08. The van der Waals surface area contributed by atoms with E-state index in [0.29, 0.717) is 6.07 Å². The third-order valence-electron chi connectivity index (χ3n) is 3.49. The molecule has 2 aromatic rings. The summed E-state index contributed by atoms with van der Waals surface area (Å²) in [4.78, 5) is 34.0. The molecule has 0 saturated carbocycles. The van der Waals surface area contributed by atoms with Crippen molar-refractivity contribution in [2.75, 3.05) is 5.32 Å². The van der Waals surface area contributed by atoms with Gasteiger partial charge in [0.1, 0.15) is 0 Å². The van der Waals surface area contributed by atoms with E-state index in [1.165, 1.54) is 31.2 Å². The number of carbonyl (C=O) groups is 2. The van der Waals surface area contributed by atoms with Gasteiger partial charge in [-0.25, -0.2) is 18.0 Å². The second-order valence-corrected chi connectivity index (χ2v) is 5.44. The Kier molecular flexibility index (Phi) is 6.48. The van der Waals surface area contributed by atoms with Gasteiger partial charge < -0.3 is 10.1 Å². The summed E-state index contributed by atoms with van der Waals surface area (Å²) in [5, 5.41) is 12.9. The van der Waals surface area contributed by atoms with Gasteiger partial charge >= 0.3 is 5.97 Å². The number of nitro groups is 1. The molecule has 1 atom stereocenters. The minimum atomic E-state index is -1.75. The van der Waals surface area contributed by atoms with E-state index in [1.54, 1.807) is 0 Å².